The number of aliphatic carboxylic acids is 1. The molecule has 2 rings (SSSR count). The van der Waals surface area contributed by atoms with Gasteiger partial charge in [-0.25, -0.2) is 4.39 Å². The molecule has 0 spiro atoms. The van der Waals surface area contributed by atoms with Crippen LogP contribution in [-0.2, 0) is 10.2 Å². The van der Waals surface area contributed by atoms with Gasteiger partial charge in [-0.1, -0.05) is 30.3 Å². The molecule has 3 heteroatoms. The summed E-state index contributed by atoms with van der Waals surface area (Å²) in [6.07, 6.45) is 1.38. The minimum absolute atomic E-state index is 0.314. The van der Waals surface area contributed by atoms with Crippen molar-refractivity contribution in [3.05, 3.63) is 35.9 Å². The molecule has 1 saturated carbocycles. The molecule has 1 fully saturated rings. The Morgan fingerprint density at radius 1 is 1.18 bits per heavy atom. The van der Waals surface area contributed by atoms with E-state index in [-0.39, 0.29) is 0 Å². The fourth-order valence-corrected chi connectivity index (χ4v) is 2.58. The molecule has 0 amide bonds. The van der Waals surface area contributed by atoms with Gasteiger partial charge >= 0.3 is 5.97 Å². The van der Waals surface area contributed by atoms with Crippen LogP contribution in [0.25, 0.3) is 0 Å². The highest BCUT2D eigenvalue weighted by Crippen LogP contribution is 2.44. The fraction of sp³-hybridized carbons (Fsp3) is 0.500. The van der Waals surface area contributed by atoms with Crippen LogP contribution < -0.4 is 0 Å². The maximum Gasteiger partial charge on any atom is 0.314 e. The molecule has 0 heterocycles. The number of carbonyl (C=O) groups is 1. The number of rotatable bonds is 2. The number of hydrogen-bond acceptors (Lipinski definition) is 1. The third kappa shape index (κ3) is 2.19. The summed E-state index contributed by atoms with van der Waals surface area (Å²) in [7, 11) is 0. The summed E-state index contributed by atoms with van der Waals surface area (Å²) in [5.41, 5.74) is -1.32. The normalized spacial score (nSPS) is 33.3. The molecule has 17 heavy (non-hydrogen) atoms. The second kappa shape index (κ2) is 4.13. The summed E-state index contributed by atoms with van der Waals surface area (Å²) in [5, 5.41) is 9.49. The largest absolute Gasteiger partial charge is 0.481 e. The Kier molecular flexibility index (Phi) is 2.94. The lowest BCUT2D eigenvalue weighted by Gasteiger charge is -2.38. The first-order chi connectivity index (χ1) is 7.96. The zero-order chi connectivity index (χ0) is 12.5. The number of benzene rings is 1. The van der Waals surface area contributed by atoms with Gasteiger partial charge in [0.15, 0.2) is 0 Å². The van der Waals surface area contributed by atoms with Gasteiger partial charge < -0.3 is 5.11 Å². The monoisotopic (exact) mass is 236 g/mol. The van der Waals surface area contributed by atoms with Crippen molar-refractivity contribution in [2.45, 2.75) is 43.7 Å². The van der Waals surface area contributed by atoms with E-state index in [1.807, 2.05) is 30.3 Å². The molecule has 92 valence electrons. The van der Waals surface area contributed by atoms with Gasteiger partial charge in [0.1, 0.15) is 5.67 Å². The zero-order valence-electron chi connectivity index (χ0n) is 9.95. The van der Waals surface area contributed by atoms with Crippen molar-refractivity contribution in [3.8, 4) is 0 Å². The summed E-state index contributed by atoms with van der Waals surface area (Å²) < 4.78 is 13.8. The molecule has 1 aliphatic carbocycles. The highest BCUT2D eigenvalue weighted by atomic mass is 19.1. The molecule has 0 aromatic heterocycles. The topological polar surface area (TPSA) is 37.3 Å². The lowest BCUT2D eigenvalue weighted by molar-refractivity contribution is -0.146. The van der Waals surface area contributed by atoms with Crippen molar-refractivity contribution >= 4 is 5.97 Å². The van der Waals surface area contributed by atoms with E-state index in [0.29, 0.717) is 25.7 Å². The van der Waals surface area contributed by atoms with E-state index in [1.165, 1.54) is 0 Å². The van der Waals surface area contributed by atoms with Gasteiger partial charge in [0.2, 0.25) is 0 Å². The van der Waals surface area contributed by atoms with Crippen LogP contribution >= 0.6 is 0 Å². The Labute approximate surface area is 100 Å². The SMILES string of the molecule is CC1(F)CCC(C(=O)O)(c2ccccc2)CC1. The molecular formula is C14H17FO2. The van der Waals surface area contributed by atoms with Crippen molar-refractivity contribution in [1.82, 2.24) is 0 Å². The van der Waals surface area contributed by atoms with E-state index in [9.17, 15) is 14.3 Å². The third-order valence-corrected chi connectivity index (χ3v) is 3.88. The summed E-state index contributed by atoms with van der Waals surface area (Å²) in [5.74, 6) is -0.834. The standard InChI is InChI=1S/C14H17FO2/c1-13(15)7-9-14(10-8-13,12(16)17)11-5-3-2-4-6-11/h2-6H,7-10H2,1H3,(H,16,17). The summed E-state index contributed by atoms with van der Waals surface area (Å²) >= 11 is 0. The minimum atomic E-state index is -1.21. The predicted molar refractivity (Wildman–Crippen MR) is 63.7 cm³/mol. The van der Waals surface area contributed by atoms with Crippen LogP contribution in [0.15, 0.2) is 30.3 Å². The van der Waals surface area contributed by atoms with E-state index in [1.54, 1.807) is 6.92 Å². The number of carboxylic acid groups (broad SMARTS) is 1. The smallest absolute Gasteiger partial charge is 0.314 e. The average Bonchev–Trinajstić information content (AvgIpc) is 2.30. The molecule has 1 N–H and O–H groups in total. The Bertz CT molecular complexity index is 401. The van der Waals surface area contributed by atoms with Crippen molar-refractivity contribution < 1.29 is 14.3 Å². The van der Waals surface area contributed by atoms with E-state index in [0.717, 1.165) is 5.56 Å². The predicted octanol–water partition coefficient (Wildman–Crippen LogP) is 3.31. The summed E-state index contributed by atoms with van der Waals surface area (Å²) in [6.45, 7) is 1.56. The molecule has 0 saturated heterocycles. The third-order valence-electron chi connectivity index (χ3n) is 3.88. The van der Waals surface area contributed by atoms with E-state index in [2.05, 4.69) is 0 Å². The number of alkyl halides is 1. The van der Waals surface area contributed by atoms with Crippen LogP contribution in [0.2, 0.25) is 0 Å². The van der Waals surface area contributed by atoms with E-state index < -0.39 is 17.1 Å². The van der Waals surface area contributed by atoms with Crippen LogP contribution in [0, 0.1) is 0 Å². The lowest BCUT2D eigenvalue weighted by atomic mass is 9.66. The molecule has 2 nitrogen and oxygen atoms in total. The second-order valence-electron chi connectivity index (χ2n) is 5.17. The van der Waals surface area contributed by atoms with Gasteiger partial charge in [-0.15, -0.1) is 0 Å². The lowest BCUT2D eigenvalue weighted by Crippen LogP contribution is -2.43. The molecule has 1 aliphatic rings. The Balaban J connectivity index is 2.33. The van der Waals surface area contributed by atoms with E-state index >= 15 is 0 Å². The van der Waals surface area contributed by atoms with Crippen molar-refractivity contribution in [2.24, 2.45) is 0 Å². The maximum atomic E-state index is 13.8. The van der Waals surface area contributed by atoms with Gasteiger partial charge in [0, 0.05) is 0 Å². The maximum absolute atomic E-state index is 13.8. The van der Waals surface area contributed by atoms with E-state index in [4.69, 9.17) is 0 Å². The molecular weight excluding hydrogens is 219 g/mol. The Hall–Kier alpha value is -1.38. The number of halogens is 1. The first-order valence-corrected chi connectivity index (χ1v) is 5.94. The quantitative estimate of drug-likeness (QED) is 0.855. The molecule has 0 radical (unpaired) electrons. The number of hydrogen-bond donors (Lipinski definition) is 1. The Morgan fingerprint density at radius 2 is 1.71 bits per heavy atom. The first kappa shape index (κ1) is 12.1. The van der Waals surface area contributed by atoms with Crippen molar-refractivity contribution in [2.75, 3.05) is 0 Å². The van der Waals surface area contributed by atoms with Gasteiger partial charge in [-0.3, -0.25) is 4.79 Å². The first-order valence-electron chi connectivity index (χ1n) is 5.94. The Morgan fingerprint density at radius 3 is 2.18 bits per heavy atom. The molecule has 1 aromatic rings. The second-order valence-corrected chi connectivity index (χ2v) is 5.17. The van der Waals surface area contributed by atoms with Crippen LogP contribution in [0.4, 0.5) is 4.39 Å². The average molecular weight is 236 g/mol. The highest BCUT2D eigenvalue weighted by molar-refractivity contribution is 5.81. The van der Waals surface area contributed by atoms with Gasteiger partial charge in [0.05, 0.1) is 5.41 Å². The number of carboxylic acids is 1. The summed E-state index contributed by atoms with van der Waals surface area (Å²) in [4.78, 5) is 11.6. The minimum Gasteiger partial charge on any atom is -0.481 e. The van der Waals surface area contributed by atoms with Crippen LogP contribution in [-0.4, -0.2) is 16.7 Å². The van der Waals surface area contributed by atoms with Crippen LogP contribution in [0.1, 0.15) is 38.2 Å². The van der Waals surface area contributed by atoms with Crippen molar-refractivity contribution in [1.29, 1.82) is 0 Å². The van der Waals surface area contributed by atoms with Crippen LogP contribution in [0.3, 0.4) is 0 Å². The molecule has 0 bridgehead atoms. The molecule has 0 unspecified atom stereocenters. The summed E-state index contributed by atoms with van der Waals surface area (Å²) in [6, 6.07) is 9.19. The highest BCUT2D eigenvalue weighted by Gasteiger charge is 2.46. The molecule has 0 atom stereocenters. The van der Waals surface area contributed by atoms with Gasteiger partial charge in [0.25, 0.3) is 0 Å². The van der Waals surface area contributed by atoms with Crippen LogP contribution in [0.5, 0.6) is 0 Å². The zero-order valence-corrected chi connectivity index (χ0v) is 9.95. The van der Waals surface area contributed by atoms with Crippen molar-refractivity contribution in [3.63, 3.8) is 0 Å². The molecule has 0 aliphatic heterocycles. The fourth-order valence-electron chi connectivity index (χ4n) is 2.58. The van der Waals surface area contributed by atoms with Gasteiger partial charge in [-0.05, 0) is 38.2 Å². The van der Waals surface area contributed by atoms with Gasteiger partial charge in [-0.2, -0.15) is 0 Å². The molecule has 1 aromatic carbocycles.